The number of Topliss-reactive ketones (excluding diaryl/α,β-unsaturated/α-hetero) is 1. The molecule has 33 heavy (non-hydrogen) atoms. The summed E-state index contributed by atoms with van der Waals surface area (Å²) in [5, 5.41) is 0.919. The van der Waals surface area contributed by atoms with E-state index in [2.05, 4.69) is 15.9 Å². The number of benzene rings is 1. The molecule has 2 aliphatic rings. The van der Waals surface area contributed by atoms with E-state index in [1.807, 2.05) is 25.3 Å². The Bertz CT molecular complexity index is 1230. The summed E-state index contributed by atoms with van der Waals surface area (Å²) in [5.74, 6) is 3.98. The molecule has 3 aromatic rings. The minimum absolute atomic E-state index is 0.0508. The summed E-state index contributed by atoms with van der Waals surface area (Å²) < 4.78 is 13.9. The van der Waals surface area contributed by atoms with Gasteiger partial charge in [0.2, 0.25) is 0 Å². The molecule has 3 unspecified atom stereocenters. The van der Waals surface area contributed by atoms with Crippen LogP contribution in [0.15, 0.2) is 48.8 Å². The zero-order chi connectivity index (χ0) is 23.2. The Kier molecular flexibility index (Phi) is 5.50. The van der Waals surface area contributed by atoms with E-state index in [4.69, 9.17) is 12.2 Å². The van der Waals surface area contributed by atoms with Crippen LogP contribution >= 0.6 is 0 Å². The fraction of sp³-hybridized carbons (Fsp3) is 0.393. The molecule has 1 aromatic carbocycles. The fourth-order valence-electron chi connectivity index (χ4n) is 6.07. The van der Waals surface area contributed by atoms with Crippen molar-refractivity contribution < 1.29 is 9.18 Å². The van der Waals surface area contributed by atoms with Crippen molar-refractivity contribution in [2.24, 2.45) is 23.5 Å². The molecule has 0 radical (unpaired) electrons. The lowest BCUT2D eigenvalue weighted by molar-refractivity contribution is -0.124. The van der Waals surface area contributed by atoms with Crippen molar-refractivity contribution in [2.75, 3.05) is 0 Å². The van der Waals surface area contributed by atoms with Crippen molar-refractivity contribution in [3.05, 3.63) is 71.4 Å². The highest BCUT2D eigenvalue weighted by Gasteiger charge is 2.49. The standard InChI is InChI=1S/C28H28FN3O/c1-3-23-6-4-17(16-32-23)10-27(33)28(2,30)21-13-18-11-20(12-19(18)14-21)24-8-9-31-26-7-5-22(29)15-25(24)26/h1,4-9,15-16,18-21H,10-14,30H2,2H3/t18-,19+,20?,21?,28?. The summed E-state index contributed by atoms with van der Waals surface area (Å²) in [6.45, 7) is 1.89. The number of pyridine rings is 2. The summed E-state index contributed by atoms with van der Waals surface area (Å²) in [7, 11) is 0. The summed E-state index contributed by atoms with van der Waals surface area (Å²) in [6.07, 6.45) is 13.2. The monoisotopic (exact) mass is 441 g/mol. The number of hydrogen-bond donors (Lipinski definition) is 1. The van der Waals surface area contributed by atoms with Crippen molar-refractivity contribution in [1.82, 2.24) is 9.97 Å². The predicted octanol–water partition coefficient (Wildman–Crippen LogP) is 4.80. The molecular weight excluding hydrogens is 413 g/mol. The molecule has 2 fully saturated rings. The molecule has 5 heteroatoms. The highest BCUT2D eigenvalue weighted by atomic mass is 19.1. The van der Waals surface area contributed by atoms with Gasteiger partial charge >= 0.3 is 0 Å². The molecule has 2 heterocycles. The second kappa shape index (κ2) is 8.35. The summed E-state index contributed by atoms with van der Waals surface area (Å²) in [4.78, 5) is 21.7. The van der Waals surface area contributed by atoms with Gasteiger partial charge in [0, 0.05) is 24.2 Å². The van der Waals surface area contributed by atoms with Gasteiger partial charge in [-0.1, -0.05) is 12.0 Å². The summed E-state index contributed by atoms with van der Waals surface area (Å²) in [5.41, 5.74) is 9.23. The topological polar surface area (TPSA) is 68.9 Å². The fourth-order valence-corrected chi connectivity index (χ4v) is 6.07. The van der Waals surface area contributed by atoms with Gasteiger partial charge in [-0.3, -0.25) is 9.78 Å². The van der Waals surface area contributed by atoms with Crippen molar-refractivity contribution in [2.45, 2.75) is 50.5 Å². The minimum Gasteiger partial charge on any atom is -0.319 e. The molecular formula is C28H28FN3O. The highest BCUT2D eigenvalue weighted by molar-refractivity contribution is 5.90. The Morgan fingerprint density at radius 2 is 1.91 bits per heavy atom. The number of ketones is 1. The zero-order valence-electron chi connectivity index (χ0n) is 18.8. The molecule has 2 aliphatic carbocycles. The van der Waals surface area contributed by atoms with Gasteiger partial charge in [0.1, 0.15) is 11.5 Å². The highest BCUT2D eigenvalue weighted by Crippen LogP contribution is 2.55. The Morgan fingerprint density at radius 1 is 1.15 bits per heavy atom. The SMILES string of the molecule is C#Cc1ccc(CC(=O)C(C)(N)C2C[C@H]3CC(c4ccnc5ccc(F)cc45)C[C@H]3C2)cn1. The maximum absolute atomic E-state index is 13.9. The van der Waals surface area contributed by atoms with Gasteiger partial charge in [-0.2, -0.15) is 0 Å². The number of terminal acetylenes is 1. The van der Waals surface area contributed by atoms with E-state index >= 15 is 0 Å². The van der Waals surface area contributed by atoms with E-state index in [9.17, 15) is 9.18 Å². The second-order valence-electron chi connectivity index (χ2n) is 10.00. The zero-order valence-corrected chi connectivity index (χ0v) is 18.8. The third-order valence-electron chi connectivity index (χ3n) is 7.98. The van der Waals surface area contributed by atoms with Crippen molar-refractivity contribution >= 4 is 16.7 Å². The number of rotatable bonds is 5. The molecule has 0 aliphatic heterocycles. The van der Waals surface area contributed by atoms with Crippen LogP contribution in [0.25, 0.3) is 10.9 Å². The first kappa shape index (κ1) is 21.7. The number of carbonyl (C=O) groups is 1. The molecule has 2 saturated carbocycles. The molecule has 0 spiro atoms. The predicted molar refractivity (Wildman–Crippen MR) is 127 cm³/mol. The average molecular weight is 442 g/mol. The summed E-state index contributed by atoms with van der Waals surface area (Å²) in [6, 6.07) is 10.5. The number of aromatic nitrogens is 2. The Morgan fingerprint density at radius 3 is 2.58 bits per heavy atom. The number of fused-ring (bicyclic) bond motifs is 2. The quantitative estimate of drug-likeness (QED) is 0.578. The number of nitrogens with zero attached hydrogens (tertiary/aromatic N) is 2. The van der Waals surface area contributed by atoms with Gasteiger partial charge in [-0.25, -0.2) is 9.37 Å². The first-order valence-electron chi connectivity index (χ1n) is 11.6. The first-order chi connectivity index (χ1) is 15.8. The average Bonchev–Trinajstić information content (AvgIpc) is 3.39. The Hall–Kier alpha value is -3.10. The van der Waals surface area contributed by atoms with Crippen LogP contribution in [0.5, 0.6) is 0 Å². The van der Waals surface area contributed by atoms with Gasteiger partial charge in [0.15, 0.2) is 5.78 Å². The second-order valence-corrected chi connectivity index (χ2v) is 10.00. The van der Waals surface area contributed by atoms with Crippen LogP contribution in [0.2, 0.25) is 0 Å². The molecule has 168 valence electrons. The number of carbonyl (C=O) groups excluding carboxylic acids is 1. The maximum atomic E-state index is 13.9. The van der Waals surface area contributed by atoms with Crippen LogP contribution in [0.4, 0.5) is 4.39 Å². The Labute approximate surface area is 193 Å². The lowest BCUT2D eigenvalue weighted by atomic mass is 9.77. The molecule has 2 aromatic heterocycles. The van der Waals surface area contributed by atoms with Crippen LogP contribution in [-0.2, 0) is 11.2 Å². The van der Waals surface area contributed by atoms with Crippen LogP contribution < -0.4 is 5.73 Å². The first-order valence-corrected chi connectivity index (χ1v) is 11.6. The van der Waals surface area contributed by atoms with Gasteiger partial charge in [-0.05, 0) is 97.7 Å². The smallest absolute Gasteiger partial charge is 0.157 e. The van der Waals surface area contributed by atoms with Gasteiger partial charge in [0.25, 0.3) is 0 Å². The van der Waals surface area contributed by atoms with E-state index in [0.29, 0.717) is 23.4 Å². The molecule has 0 saturated heterocycles. The van der Waals surface area contributed by atoms with Crippen molar-refractivity contribution in [1.29, 1.82) is 0 Å². The largest absolute Gasteiger partial charge is 0.319 e. The lowest BCUT2D eigenvalue weighted by Crippen LogP contribution is -2.51. The van der Waals surface area contributed by atoms with Crippen LogP contribution in [-0.4, -0.2) is 21.3 Å². The van der Waals surface area contributed by atoms with E-state index in [-0.39, 0.29) is 23.9 Å². The molecule has 4 nitrogen and oxygen atoms in total. The van der Waals surface area contributed by atoms with Crippen molar-refractivity contribution in [3.8, 4) is 12.3 Å². The van der Waals surface area contributed by atoms with E-state index in [1.165, 1.54) is 11.6 Å². The third-order valence-corrected chi connectivity index (χ3v) is 7.98. The van der Waals surface area contributed by atoms with Crippen LogP contribution in [0, 0.1) is 35.9 Å². The number of hydrogen-bond acceptors (Lipinski definition) is 4. The van der Waals surface area contributed by atoms with Gasteiger partial charge < -0.3 is 5.73 Å². The third kappa shape index (κ3) is 4.05. The number of halogens is 1. The molecule has 0 amide bonds. The molecule has 2 N–H and O–H groups in total. The normalized spacial score (nSPS) is 26.0. The summed E-state index contributed by atoms with van der Waals surface area (Å²) >= 11 is 0. The van der Waals surface area contributed by atoms with Gasteiger partial charge in [0.05, 0.1) is 11.1 Å². The number of nitrogens with two attached hydrogens (primary N) is 1. The van der Waals surface area contributed by atoms with Crippen LogP contribution in [0.1, 0.15) is 55.3 Å². The lowest BCUT2D eigenvalue weighted by Gasteiger charge is -2.31. The van der Waals surface area contributed by atoms with E-state index in [0.717, 1.165) is 42.1 Å². The van der Waals surface area contributed by atoms with E-state index < -0.39 is 5.54 Å². The van der Waals surface area contributed by atoms with Crippen molar-refractivity contribution in [3.63, 3.8) is 0 Å². The molecule has 0 bridgehead atoms. The minimum atomic E-state index is -0.864. The molecule has 5 rings (SSSR count). The van der Waals surface area contributed by atoms with E-state index in [1.54, 1.807) is 24.4 Å². The van der Waals surface area contributed by atoms with Gasteiger partial charge in [-0.15, -0.1) is 6.42 Å². The maximum Gasteiger partial charge on any atom is 0.157 e. The van der Waals surface area contributed by atoms with Crippen LogP contribution in [0.3, 0.4) is 0 Å². The molecule has 5 atom stereocenters. The Balaban J connectivity index is 1.27.